The zero-order valence-electron chi connectivity index (χ0n) is 13.2. The van der Waals surface area contributed by atoms with Crippen LogP contribution in [0.1, 0.15) is 22.3 Å². The van der Waals surface area contributed by atoms with E-state index in [1.54, 1.807) is 0 Å². The van der Waals surface area contributed by atoms with Crippen molar-refractivity contribution in [2.24, 2.45) is 0 Å². The molecule has 2 amide bonds. The molecular weight excluding hydrogens is 310 g/mol. The van der Waals surface area contributed by atoms with Crippen molar-refractivity contribution in [3.8, 4) is 0 Å². The van der Waals surface area contributed by atoms with Crippen molar-refractivity contribution < 1.29 is 9.59 Å². The molecule has 0 saturated carbocycles. The van der Waals surface area contributed by atoms with Gasteiger partial charge in [0.15, 0.2) is 0 Å². The monoisotopic (exact) mass is 325 g/mol. The highest BCUT2D eigenvalue weighted by Crippen LogP contribution is 2.36. The molecule has 0 aromatic heterocycles. The van der Waals surface area contributed by atoms with Gasteiger partial charge in [0.1, 0.15) is 5.03 Å². The average Bonchev–Trinajstić information content (AvgIpc) is 2.73. The van der Waals surface area contributed by atoms with Crippen molar-refractivity contribution in [3.63, 3.8) is 0 Å². The van der Waals surface area contributed by atoms with Crippen LogP contribution in [0.3, 0.4) is 0 Å². The molecule has 0 radical (unpaired) electrons. The zero-order chi connectivity index (χ0) is 16.7. The van der Waals surface area contributed by atoms with Crippen LogP contribution in [0.25, 0.3) is 5.57 Å². The van der Waals surface area contributed by atoms with E-state index in [1.807, 2.05) is 63.2 Å². The van der Waals surface area contributed by atoms with Gasteiger partial charge in [-0.1, -0.05) is 53.6 Å². The van der Waals surface area contributed by atoms with E-state index in [4.69, 9.17) is 11.6 Å². The van der Waals surface area contributed by atoms with Crippen LogP contribution in [-0.2, 0) is 9.59 Å². The highest BCUT2D eigenvalue weighted by molar-refractivity contribution is 6.60. The summed E-state index contributed by atoms with van der Waals surface area (Å²) >= 11 is 6.20. The Morgan fingerprint density at radius 1 is 0.826 bits per heavy atom. The third kappa shape index (κ3) is 2.57. The summed E-state index contributed by atoms with van der Waals surface area (Å²) in [6.45, 7) is 5.75. The van der Waals surface area contributed by atoms with Gasteiger partial charge in [0.05, 0.1) is 11.3 Å². The van der Waals surface area contributed by atoms with Crippen LogP contribution in [-0.4, -0.2) is 11.8 Å². The Morgan fingerprint density at radius 3 is 2.09 bits per heavy atom. The van der Waals surface area contributed by atoms with Gasteiger partial charge in [-0.2, -0.15) is 0 Å². The number of hydrogen-bond acceptors (Lipinski definition) is 2. The summed E-state index contributed by atoms with van der Waals surface area (Å²) in [5, 5.41) is -0.0280. The lowest BCUT2D eigenvalue weighted by molar-refractivity contribution is -0.119. The number of nitrogens with zero attached hydrogens (tertiary/aromatic N) is 1. The maximum atomic E-state index is 12.8. The molecule has 0 spiro atoms. The lowest BCUT2D eigenvalue weighted by Gasteiger charge is -2.18. The molecule has 1 aliphatic rings. The van der Waals surface area contributed by atoms with Crippen LogP contribution < -0.4 is 4.90 Å². The maximum Gasteiger partial charge on any atom is 0.277 e. The van der Waals surface area contributed by atoms with Crippen molar-refractivity contribution >= 4 is 34.7 Å². The van der Waals surface area contributed by atoms with Gasteiger partial charge in [0.25, 0.3) is 11.8 Å². The standard InChI is InChI=1S/C19H16ClNO2/c1-11-5-8-14(9-6-11)16-17(20)19(23)21(18(16)22)15-10-12(2)4-7-13(15)3/h4-10H,1-3H3. The van der Waals surface area contributed by atoms with Crippen LogP contribution in [0, 0.1) is 20.8 Å². The number of benzene rings is 2. The Bertz CT molecular complexity index is 850. The summed E-state index contributed by atoms with van der Waals surface area (Å²) in [6.07, 6.45) is 0. The molecule has 0 aliphatic carbocycles. The van der Waals surface area contributed by atoms with Gasteiger partial charge in [-0.25, -0.2) is 4.90 Å². The first kappa shape index (κ1) is 15.5. The molecule has 2 aromatic carbocycles. The highest BCUT2D eigenvalue weighted by atomic mass is 35.5. The first-order chi connectivity index (χ1) is 10.9. The van der Waals surface area contributed by atoms with Gasteiger partial charge in [0, 0.05) is 0 Å². The summed E-state index contributed by atoms with van der Waals surface area (Å²) in [7, 11) is 0. The zero-order valence-corrected chi connectivity index (χ0v) is 13.9. The third-order valence-electron chi connectivity index (χ3n) is 3.97. The van der Waals surface area contributed by atoms with Crippen LogP contribution in [0.5, 0.6) is 0 Å². The van der Waals surface area contributed by atoms with E-state index < -0.39 is 5.91 Å². The van der Waals surface area contributed by atoms with Crippen molar-refractivity contribution in [2.75, 3.05) is 4.90 Å². The summed E-state index contributed by atoms with van der Waals surface area (Å²) in [5.41, 5.74) is 4.41. The molecule has 116 valence electrons. The minimum absolute atomic E-state index is 0.0280. The van der Waals surface area contributed by atoms with Gasteiger partial charge in [-0.3, -0.25) is 9.59 Å². The predicted molar refractivity (Wildman–Crippen MR) is 92.4 cm³/mol. The second kappa shape index (κ2) is 5.67. The molecule has 0 N–H and O–H groups in total. The molecule has 0 unspecified atom stereocenters. The first-order valence-corrected chi connectivity index (χ1v) is 7.71. The van der Waals surface area contributed by atoms with Gasteiger partial charge in [0.2, 0.25) is 0 Å². The highest BCUT2D eigenvalue weighted by Gasteiger charge is 2.39. The lowest BCUT2D eigenvalue weighted by atomic mass is 10.0. The summed E-state index contributed by atoms with van der Waals surface area (Å²) in [5.74, 6) is -0.849. The summed E-state index contributed by atoms with van der Waals surface area (Å²) < 4.78 is 0. The molecule has 2 aromatic rings. The Hall–Kier alpha value is -2.39. The van der Waals surface area contributed by atoms with E-state index in [1.165, 1.54) is 4.90 Å². The van der Waals surface area contributed by atoms with E-state index >= 15 is 0 Å². The first-order valence-electron chi connectivity index (χ1n) is 7.33. The molecular formula is C19H16ClNO2. The molecule has 23 heavy (non-hydrogen) atoms. The Balaban J connectivity index is 2.09. The van der Waals surface area contributed by atoms with Crippen LogP contribution >= 0.6 is 11.6 Å². The average molecular weight is 326 g/mol. The molecule has 1 heterocycles. The van der Waals surface area contributed by atoms with Gasteiger partial charge in [-0.05, 0) is 43.5 Å². The fraction of sp³-hybridized carbons (Fsp3) is 0.158. The number of rotatable bonds is 2. The Morgan fingerprint density at radius 2 is 1.43 bits per heavy atom. The number of halogens is 1. The van der Waals surface area contributed by atoms with E-state index in [-0.39, 0.29) is 16.5 Å². The minimum Gasteiger partial charge on any atom is -0.268 e. The quantitative estimate of drug-likeness (QED) is 0.778. The summed E-state index contributed by atoms with van der Waals surface area (Å²) in [6, 6.07) is 13.1. The second-order valence-electron chi connectivity index (χ2n) is 5.79. The number of amides is 2. The van der Waals surface area contributed by atoms with Gasteiger partial charge >= 0.3 is 0 Å². The molecule has 0 fully saturated rings. The Kier molecular flexibility index (Phi) is 3.82. The number of carbonyl (C=O) groups excluding carboxylic acids is 2. The molecule has 0 bridgehead atoms. The number of imide groups is 1. The molecule has 0 saturated heterocycles. The smallest absolute Gasteiger partial charge is 0.268 e. The number of carbonyl (C=O) groups is 2. The largest absolute Gasteiger partial charge is 0.277 e. The number of aryl methyl sites for hydroxylation is 3. The lowest BCUT2D eigenvalue weighted by Crippen LogP contribution is -2.31. The van der Waals surface area contributed by atoms with Crippen LogP contribution in [0.4, 0.5) is 5.69 Å². The van der Waals surface area contributed by atoms with E-state index in [9.17, 15) is 9.59 Å². The second-order valence-corrected chi connectivity index (χ2v) is 6.17. The van der Waals surface area contributed by atoms with E-state index in [0.717, 1.165) is 16.7 Å². The topological polar surface area (TPSA) is 37.4 Å². The fourth-order valence-corrected chi connectivity index (χ4v) is 2.93. The van der Waals surface area contributed by atoms with E-state index in [0.29, 0.717) is 11.3 Å². The Labute approximate surface area is 140 Å². The molecule has 3 nitrogen and oxygen atoms in total. The number of hydrogen-bond donors (Lipinski definition) is 0. The van der Waals surface area contributed by atoms with Crippen molar-refractivity contribution in [1.82, 2.24) is 0 Å². The SMILES string of the molecule is Cc1ccc(C2=C(Cl)C(=O)N(c3cc(C)ccc3C)C2=O)cc1. The minimum atomic E-state index is -0.471. The molecule has 3 rings (SSSR count). The number of anilines is 1. The maximum absolute atomic E-state index is 12.8. The molecule has 1 aliphatic heterocycles. The van der Waals surface area contributed by atoms with Crippen molar-refractivity contribution in [3.05, 3.63) is 69.8 Å². The van der Waals surface area contributed by atoms with Crippen LogP contribution in [0.2, 0.25) is 0 Å². The van der Waals surface area contributed by atoms with Crippen molar-refractivity contribution in [2.45, 2.75) is 20.8 Å². The predicted octanol–water partition coefficient (Wildman–Crippen LogP) is 4.14. The summed E-state index contributed by atoms with van der Waals surface area (Å²) in [4.78, 5) is 26.6. The molecule has 4 heteroatoms. The fourth-order valence-electron chi connectivity index (χ4n) is 2.65. The van der Waals surface area contributed by atoms with Gasteiger partial charge in [-0.15, -0.1) is 0 Å². The van der Waals surface area contributed by atoms with Crippen LogP contribution in [0.15, 0.2) is 47.5 Å². The third-order valence-corrected chi connectivity index (χ3v) is 4.32. The van der Waals surface area contributed by atoms with Gasteiger partial charge < -0.3 is 0 Å². The van der Waals surface area contributed by atoms with Crippen molar-refractivity contribution in [1.29, 1.82) is 0 Å². The molecule has 0 atom stereocenters. The van der Waals surface area contributed by atoms with E-state index in [2.05, 4.69) is 0 Å². The normalized spacial score (nSPS) is 14.9.